The van der Waals surface area contributed by atoms with Gasteiger partial charge in [0, 0.05) is 45.3 Å². The number of nitrogen functional groups attached to an aromatic ring is 1. The molecule has 0 radical (unpaired) electrons. The number of anilines is 5. The van der Waals surface area contributed by atoms with Crippen LogP contribution >= 0.6 is 11.3 Å². The SMILES string of the molecule is Cc1csc(Nc2nccc3c(Nc4ccnc5c(N)cccc45)cccc23)n1. The fourth-order valence-electron chi connectivity index (χ4n) is 3.38. The maximum absolute atomic E-state index is 6.09. The summed E-state index contributed by atoms with van der Waals surface area (Å²) >= 11 is 1.57. The van der Waals surface area contributed by atoms with Crippen molar-refractivity contribution in [1.82, 2.24) is 15.0 Å². The van der Waals surface area contributed by atoms with Crippen LogP contribution in [0.3, 0.4) is 0 Å². The minimum absolute atomic E-state index is 0.665. The van der Waals surface area contributed by atoms with E-state index in [1.807, 2.05) is 48.7 Å². The predicted octanol–water partition coefficient (Wildman–Crippen LogP) is 5.62. The number of rotatable bonds is 4. The monoisotopic (exact) mass is 398 g/mol. The second-order valence-electron chi connectivity index (χ2n) is 6.71. The Labute approximate surface area is 171 Å². The highest BCUT2D eigenvalue weighted by Crippen LogP contribution is 2.34. The molecule has 0 unspecified atom stereocenters. The number of hydrogen-bond donors (Lipinski definition) is 3. The van der Waals surface area contributed by atoms with E-state index >= 15 is 0 Å². The zero-order valence-electron chi connectivity index (χ0n) is 15.7. The third kappa shape index (κ3) is 3.21. The summed E-state index contributed by atoms with van der Waals surface area (Å²) in [6, 6.07) is 15.9. The molecule has 4 N–H and O–H groups in total. The van der Waals surface area contributed by atoms with Crippen molar-refractivity contribution in [2.24, 2.45) is 0 Å². The smallest absolute Gasteiger partial charge is 0.188 e. The molecular formula is C22H18N6S. The summed E-state index contributed by atoms with van der Waals surface area (Å²) < 4.78 is 0. The Balaban J connectivity index is 1.58. The van der Waals surface area contributed by atoms with Crippen molar-refractivity contribution in [3.05, 3.63) is 72.0 Å². The van der Waals surface area contributed by atoms with Crippen LogP contribution in [-0.4, -0.2) is 15.0 Å². The number of thiazole rings is 1. The molecule has 0 amide bonds. The van der Waals surface area contributed by atoms with Gasteiger partial charge in [0.15, 0.2) is 5.13 Å². The molecule has 3 aromatic heterocycles. The molecule has 0 atom stereocenters. The highest BCUT2D eigenvalue weighted by Gasteiger charge is 2.10. The predicted molar refractivity (Wildman–Crippen MR) is 121 cm³/mol. The summed E-state index contributed by atoms with van der Waals surface area (Å²) in [7, 11) is 0. The van der Waals surface area contributed by atoms with Gasteiger partial charge in [-0.05, 0) is 31.2 Å². The Morgan fingerprint density at radius 3 is 2.48 bits per heavy atom. The third-order valence-corrected chi connectivity index (χ3v) is 5.60. The molecule has 0 bridgehead atoms. The van der Waals surface area contributed by atoms with Gasteiger partial charge in [0.2, 0.25) is 0 Å². The zero-order chi connectivity index (χ0) is 19.8. The van der Waals surface area contributed by atoms with Gasteiger partial charge < -0.3 is 16.4 Å². The van der Waals surface area contributed by atoms with E-state index in [4.69, 9.17) is 5.73 Å². The van der Waals surface area contributed by atoms with Gasteiger partial charge in [0.05, 0.1) is 16.9 Å². The molecular weight excluding hydrogens is 380 g/mol. The number of pyridine rings is 2. The van der Waals surface area contributed by atoms with Crippen molar-refractivity contribution < 1.29 is 0 Å². The fourth-order valence-corrected chi connectivity index (χ4v) is 4.07. The van der Waals surface area contributed by atoms with Gasteiger partial charge in [-0.25, -0.2) is 9.97 Å². The average Bonchev–Trinajstić information content (AvgIpc) is 3.14. The first-order valence-corrected chi connectivity index (χ1v) is 10.0. The minimum Gasteiger partial charge on any atom is -0.397 e. The molecule has 0 saturated carbocycles. The molecule has 0 saturated heterocycles. The topological polar surface area (TPSA) is 88.8 Å². The van der Waals surface area contributed by atoms with E-state index in [0.29, 0.717) is 5.69 Å². The fraction of sp³-hybridized carbons (Fsp3) is 0.0455. The summed E-state index contributed by atoms with van der Waals surface area (Å²) in [6.07, 6.45) is 3.57. The first-order valence-electron chi connectivity index (χ1n) is 9.16. The first-order chi connectivity index (χ1) is 14.2. The van der Waals surface area contributed by atoms with E-state index in [1.54, 1.807) is 23.7 Å². The Bertz CT molecular complexity index is 1340. The lowest BCUT2D eigenvalue weighted by Crippen LogP contribution is -1.98. The highest BCUT2D eigenvalue weighted by atomic mass is 32.1. The van der Waals surface area contributed by atoms with E-state index in [9.17, 15) is 0 Å². The molecule has 2 aromatic carbocycles. The molecule has 142 valence electrons. The van der Waals surface area contributed by atoms with Crippen LogP contribution in [0, 0.1) is 6.92 Å². The number of aromatic nitrogens is 3. The van der Waals surface area contributed by atoms with Gasteiger partial charge in [0.1, 0.15) is 5.82 Å². The van der Waals surface area contributed by atoms with Crippen LogP contribution in [0.1, 0.15) is 5.69 Å². The molecule has 5 rings (SSSR count). The van der Waals surface area contributed by atoms with Crippen molar-refractivity contribution in [1.29, 1.82) is 0 Å². The van der Waals surface area contributed by atoms with Gasteiger partial charge in [-0.1, -0.05) is 24.3 Å². The highest BCUT2D eigenvalue weighted by molar-refractivity contribution is 7.13. The molecule has 6 nitrogen and oxygen atoms in total. The van der Waals surface area contributed by atoms with Crippen LogP contribution in [0.15, 0.2) is 66.3 Å². The summed E-state index contributed by atoms with van der Waals surface area (Å²) in [5.41, 5.74) is 10.5. The first kappa shape index (κ1) is 17.4. The standard InChI is InChI=1S/C22H18N6S/c1-13-12-29-22(26-13)28-21-15-4-3-7-18(14(15)8-10-25-21)27-19-9-11-24-20-16(19)5-2-6-17(20)23/h2-12H,23H2,1H3,(H,24,27)(H,25,26,28). The second kappa shape index (κ2) is 7.03. The summed E-state index contributed by atoms with van der Waals surface area (Å²) in [6.45, 7) is 1.98. The molecule has 7 heteroatoms. The quantitative estimate of drug-likeness (QED) is 0.341. The summed E-state index contributed by atoms with van der Waals surface area (Å²) in [5.74, 6) is 0.782. The number of para-hydroxylation sites is 1. The molecule has 0 spiro atoms. The third-order valence-electron chi connectivity index (χ3n) is 4.72. The molecule has 0 fully saturated rings. The largest absolute Gasteiger partial charge is 0.397 e. The summed E-state index contributed by atoms with van der Waals surface area (Å²) in [5, 5.41) is 12.8. The number of nitrogens with zero attached hydrogens (tertiary/aromatic N) is 3. The lowest BCUT2D eigenvalue weighted by molar-refractivity contribution is 1.25. The van der Waals surface area contributed by atoms with E-state index in [-0.39, 0.29) is 0 Å². The molecule has 0 aliphatic rings. The van der Waals surface area contributed by atoms with Gasteiger partial charge in [-0.15, -0.1) is 11.3 Å². The number of nitrogens with two attached hydrogens (primary N) is 1. The van der Waals surface area contributed by atoms with Crippen LogP contribution in [0.4, 0.5) is 28.0 Å². The maximum atomic E-state index is 6.09. The Morgan fingerprint density at radius 2 is 1.62 bits per heavy atom. The molecule has 5 aromatic rings. The van der Waals surface area contributed by atoms with Crippen molar-refractivity contribution in [3.8, 4) is 0 Å². The number of fused-ring (bicyclic) bond motifs is 2. The van der Waals surface area contributed by atoms with Crippen LogP contribution in [-0.2, 0) is 0 Å². The number of nitrogens with one attached hydrogen (secondary N) is 2. The molecule has 0 aliphatic heterocycles. The summed E-state index contributed by atoms with van der Waals surface area (Å²) in [4.78, 5) is 13.4. The normalized spacial score (nSPS) is 11.1. The molecule has 0 aliphatic carbocycles. The Kier molecular flexibility index (Phi) is 4.22. The Morgan fingerprint density at radius 1 is 0.828 bits per heavy atom. The van der Waals surface area contributed by atoms with Crippen LogP contribution < -0.4 is 16.4 Å². The number of hydrogen-bond acceptors (Lipinski definition) is 7. The zero-order valence-corrected chi connectivity index (χ0v) is 16.5. The van der Waals surface area contributed by atoms with Crippen LogP contribution in [0.5, 0.6) is 0 Å². The van der Waals surface area contributed by atoms with Gasteiger partial charge in [-0.3, -0.25) is 4.98 Å². The lowest BCUT2D eigenvalue weighted by Gasteiger charge is -2.14. The van der Waals surface area contributed by atoms with Crippen molar-refractivity contribution >= 4 is 61.0 Å². The van der Waals surface area contributed by atoms with E-state index in [0.717, 1.165) is 49.7 Å². The Hall–Kier alpha value is -3.71. The van der Waals surface area contributed by atoms with E-state index in [1.165, 1.54) is 0 Å². The lowest BCUT2D eigenvalue weighted by atomic mass is 10.1. The van der Waals surface area contributed by atoms with Crippen molar-refractivity contribution in [2.75, 3.05) is 16.4 Å². The van der Waals surface area contributed by atoms with Crippen molar-refractivity contribution in [3.63, 3.8) is 0 Å². The van der Waals surface area contributed by atoms with Gasteiger partial charge in [-0.2, -0.15) is 0 Å². The average molecular weight is 398 g/mol. The van der Waals surface area contributed by atoms with E-state index in [2.05, 4.69) is 37.7 Å². The second-order valence-corrected chi connectivity index (χ2v) is 7.56. The van der Waals surface area contributed by atoms with Crippen LogP contribution in [0.2, 0.25) is 0 Å². The van der Waals surface area contributed by atoms with Gasteiger partial charge >= 0.3 is 0 Å². The minimum atomic E-state index is 0.665. The number of aryl methyl sites for hydroxylation is 1. The number of benzene rings is 2. The van der Waals surface area contributed by atoms with E-state index < -0.39 is 0 Å². The molecule has 3 heterocycles. The van der Waals surface area contributed by atoms with Crippen LogP contribution in [0.25, 0.3) is 21.7 Å². The molecule has 29 heavy (non-hydrogen) atoms. The van der Waals surface area contributed by atoms with Crippen molar-refractivity contribution in [2.45, 2.75) is 6.92 Å². The maximum Gasteiger partial charge on any atom is 0.188 e. The van der Waals surface area contributed by atoms with Gasteiger partial charge in [0.25, 0.3) is 0 Å².